The van der Waals surface area contributed by atoms with Crippen molar-refractivity contribution in [3.8, 4) is 0 Å². The smallest absolute Gasteiger partial charge is 0.246 e. The number of aliphatic hydroxyl groups is 1. The Hall–Kier alpha value is -1.38. The summed E-state index contributed by atoms with van der Waals surface area (Å²) in [5.41, 5.74) is -0.0840. The highest BCUT2D eigenvalue weighted by Gasteiger charge is 2.55. The van der Waals surface area contributed by atoms with Crippen LogP contribution >= 0.6 is 24.8 Å². The van der Waals surface area contributed by atoms with Crippen molar-refractivity contribution in [1.29, 1.82) is 0 Å². The van der Waals surface area contributed by atoms with Crippen LogP contribution in [0.25, 0.3) is 0 Å². The van der Waals surface area contributed by atoms with E-state index < -0.39 is 17.2 Å². The summed E-state index contributed by atoms with van der Waals surface area (Å²) in [4.78, 5) is 34.8. The number of piperazine rings is 1. The highest BCUT2D eigenvalue weighted by atomic mass is 35.5. The molecule has 2 amide bonds. The van der Waals surface area contributed by atoms with Crippen molar-refractivity contribution >= 4 is 36.6 Å². The molecule has 0 bridgehead atoms. The standard InChI is InChI=1S/C32H50N4O3.2ClH/c1-3-4-19-36-28(37)27(24-31(39)13-9-6-10-14-31)33-29(38)32(36)17-22-35(23-18-32)30(2)15-20-34(21-16-30)25-26-11-7-5-8-12-26;;/h5,7-8,11-12,27,39H,3-4,6,9-10,13-25H2,1-2H3,(H,33,38);2*1H/t27-;;/m1../s1. The number of piperidine rings is 2. The Bertz CT molecular complexity index is 988. The molecular formula is C32H52Cl2N4O3. The molecule has 4 fully saturated rings. The largest absolute Gasteiger partial charge is 0.390 e. The Labute approximate surface area is 259 Å². The van der Waals surface area contributed by atoms with Crippen molar-refractivity contribution < 1.29 is 14.7 Å². The fourth-order valence-corrected chi connectivity index (χ4v) is 7.71. The lowest BCUT2D eigenvalue weighted by Crippen LogP contribution is -2.74. The molecule has 1 atom stereocenters. The molecule has 0 aromatic heterocycles. The predicted octanol–water partition coefficient (Wildman–Crippen LogP) is 4.93. The molecule has 3 saturated heterocycles. The van der Waals surface area contributed by atoms with Crippen LogP contribution in [0.15, 0.2) is 30.3 Å². The summed E-state index contributed by atoms with van der Waals surface area (Å²) >= 11 is 0. The van der Waals surface area contributed by atoms with Gasteiger partial charge in [-0.15, -0.1) is 24.8 Å². The maximum Gasteiger partial charge on any atom is 0.246 e. The average Bonchev–Trinajstić information content (AvgIpc) is 2.94. The van der Waals surface area contributed by atoms with Gasteiger partial charge in [0.2, 0.25) is 11.8 Å². The first-order chi connectivity index (χ1) is 18.8. The first-order valence-corrected chi connectivity index (χ1v) is 15.6. The maximum atomic E-state index is 13.9. The zero-order chi connectivity index (χ0) is 27.5. The third kappa shape index (κ3) is 7.41. The van der Waals surface area contributed by atoms with Crippen LogP contribution in [0.5, 0.6) is 0 Å². The van der Waals surface area contributed by atoms with E-state index in [1.54, 1.807) is 0 Å². The molecule has 0 radical (unpaired) electrons. The molecule has 1 spiro atoms. The highest BCUT2D eigenvalue weighted by Crippen LogP contribution is 2.40. The van der Waals surface area contributed by atoms with Crippen molar-refractivity contribution in [3.05, 3.63) is 35.9 Å². The normalized spacial score (nSPS) is 26.1. The molecule has 9 heteroatoms. The molecule has 0 unspecified atom stereocenters. The van der Waals surface area contributed by atoms with Crippen molar-refractivity contribution in [2.75, 3.05) is 32.7 Å². The van der Waals surface area contributed by atoms with Gasteiger partial charge in [-0.25, -0.2) is 0 Å². The third-order valence-electron chi connectivity index (χ3n) is 10.4. The minimum atomic E-state index is -0.833. The number of hydrogen-bond acceptors (Lipinski definition) is 5. The van der Waals surface area contributed by atoms with E-state index in [4.69, 9.17) is 0 Å². The van der Waals surface area contributed by atoms with Crippen LogP contribution in [-0.4, -0.2) is 87.1 Å². The van der Waals surface area contributed by atoms with Gasteiger partial charge in [-0.3, -0.25) is 19.4 Å². The van der Waals surface area contributed by atoms with Crippen molar-refractivity contribution in [2.45, 2.75) is 120 Å². The van der Waals surface area contributed by atoms with Crippen LogP contribution in [0.3, 0.4) is 0 Å². The van der Waals surface area contributed by atoms with Crippen LogP contribution in [0.2, 0.25) is 0 Å². The van der Waals surface area contributed by atoms with Gasteiger partial charge in [0.15, 0.2) is 0 Å². The average molecular weight is 612 g/mol. The molecule has 3 heterocycles. The van der Waals surface area contributed by atoms with Crippen LogP contribution in [0.1, 0.15) is 96.5 Å². The van der Waals surface area contributed by atoms with Gasteiger partial charge >= 0.3 is 0 Å². The van der Waals surface area contributed by atoms with E-state index in [0.717, 1.165) is 90.5 Å². The van der Waals surface area contributed by atoms with Gasteiger partial charge in [-0.1, -0.05) is 62.9 Å². The second-order valence-corrected chi connectivity index (χ2v) is 13.1. The minimum Gasteiger partial charge on any atom is -0.390 e. The van der Waals surface area contributed by atoms with E-state index in [1.807, 2.05) is 4.90 Å². The fourth-order valence-electron chi connectivity index (χ4n) is 7.71. The van der Waals surface area contributed by atoms with Crippen LogP contribution in [0, 0.1) is 0 Å². The van der Waals surface area contributed by atoms with Crippen LogP contribution in [-0.2, 0) is 16.1 Å². The van der Waals surface area contributed by atoms with Crippen LogP contribution in [0.4, 0.5) is 0 Å². The molecule has 232 valence electrons. The van der Waals surface area contributed by atoms with Gasteiger partial charge in [0.1, 0.15) is 11.6 Å². The molecule has 5 rings (SSSR count). The lowest BCUT2D eigenvalue weighted by atomic mass is 9.76. The number of hydrogen-bond donors (Lipinski definition) is 2. The van der Waals surface area contributed by atoms with E-state index in [2.05, 4.69) is 59.3 Å². The van der Waals surface area contributed by atoms with Crippen molar-refractivity contribution in [1.82, 2.24) is 20.0 Å². The Morgan fingerprint density at radius 3 is 2.15 bits per heavy atom. The molecule has 7 nitrogen and oxygen atoms in total. The van der Waals surface area contributed by atoms with Gasteiger partial charge in [0.05, 0.1) is 5.60 Å². The first-order valence-electron chi connectivity index (χ1n) is 15.6. The molecule has 1 aromatic carbocycles. The number of rotatable bonds is 8. The molecule has 2 N–H and O–H groups in total. The first kappa shape index (κ1) is 34.1. The lowest BCUT2D eigenvalue weighted by molar-refractivity contribution is -0.165. The Morgan fingerprint density at radius 1 is 0.902 bits per heavy atom. The Morgan fingerprint density at radius 2 is 1.54 bits per heavy atom. The summed E-state index contributed by atoms with van der Waals surface area (Å²) in [6.07, 6.45) is 10.4. The molecule has 1 saturated carbocycles. The quantitative estimate of drug-likeness (QED) is 0.436. The van der Waals surface area contributed by atoms with Crippen molar-refractivity contribution in [2.24, 2.45) is 0 Å². The number of halogens is 2. The summed E-state index contributed by atoms with van der Waals surface area (Å²) in [6, 6.07) is 10.1. The van der Waals surface area contributed by atoms with E-state index in [0.29, 0.717) is 25.8 Å². The molecule has 1 aromatic rings. The number of unbranched alkanes of at least 4 members (excludes halogenated alkanes) is 1. The summed E-state index contributed by atoms with van der Waals surface area (Å²) in [7, 11) is 0. The number of carbonyl (C=O) groups excluding carboxylic acids is 2. The zero-order valence-electron chi connectivity index (χ0n) is 25.1. The summed E-state index contributed by atoms with van der Waals surface area (Å²) in [6.45, 7) is 10.0. The molecule has 3 aliphatic heterocycles. The summed E-state index contributed by atoms with van der Waals surface area (Å²) in [5.74, 6) is 0.0287. The van der Waals surface area contributed by atoms with Crippen molar-refractivity contribution in [3.63, 3.8) is 0 Å². The molecule has 1 aliphatic carbocycles. The number of benzene rings is 1. The summed E-state index contributed by atoms with van der Waals surface area (Å²) in [5, 5.41) is 14.3. The number of likely N-dealkylation sites (tertiary alicyclic amines) is 2. The van der Waals surface area contributed by atoms with E-state index in [9.17, 15) is 14.7 Å². The van der Waals surface area contributed by atoms with Crippen LogP contribution < -0.4 is 5.32 Å². The van der Waals surface area contributed by atoms with E-state index in [1.165, 1.54) is 5.56 Å². The number of nitrogens with one attached hydrogen (secondary N) is 1. The van der Waals surface area contributed by atoms with Gasteiger partial charge in [0.25, 0.3) is 0 Å². The third-order valence-corrected chi connectivity index (χ3v) is 10.4. The highest BCUT2D eigenvalue weighted by molar-refractivity contribution is 6.00. The van der Waals surface area contributed by atoms with Gasteiger partial charge < -0.3 is 15.3 Å². The van der Waals surface area contributed by atoms with Gasteiger partial charge in [-0.2, -0.15) is 0 Å². The molecule has 41 heavy (non-hydrogen) atoms. The predicted molar refractivity (Wildman–Crippen MR) is 169 cm³/mol. The lowest BCUT2D eigenvalue weighted by Gasteiger charge is -2.56. The summed E-state index contributed by atoms with van der Waals surface area (Å²) < 4.78 is 0. The number of nitrogens with zero attached hydrogens (tertiary/aromatic N) is 3. The number of carbonyl (C=O) groups is 2. The Balaban J connectivity index is 0.00000231. The SMILES string of the molecule is CCCCN1C(=O)[C@@H](CC2(O)CCCCC2)NC(=O)C12CCN(C1(C)CCN(Cc3ccccc3)CC1)CC2.Cl.Cl. The molecular weight excluding hydrogens is 559 g/mol. The number of amides is 2. The second-order valence-electron chi connectivity index (χ2n) is 13.1. The fraction of sp³-hybridized carbons (Fsp3) is 0.750. The van der Waals surface area contributed by atoms with E-state index >= 15 is 0 Å². The topological polar surface area (TPSA) is 76.1 Å². The van der Waals surface area contributed by atoms with E-state index in [-0.39, 0.29) is 42.2 Å². The Kier molecular flexibility index (Phi) is 12.0. The van der Waals surface area contributed by atoms with Gasteiger partial charge in [-0.05, 0) is 57.4 Å². The second kappa shape index (κ2) is 14.4. The minimum absolute atomic E-state index is 0. The molecule has 4 aliphatic rings. The maximum absolute atomic E-state index is 13.9. The monoisotopic (exact) mass is 610 g/mol. The zero-order valence-corrected chi connectivity index (χ0v) is 26.7. The van der Waals surface area contributed by atoms with Gasteiger partial charge in [0, 0.05) is 51.2 Å².